The van der Waals surface area contributed by atoms with Gasteiger partial charge in [0.25, 0.3) is 0 Å². The molecule has 2 aromatic carbocycles. The van der Waals surface area contributed by atoms with Gasteiger partial charge in [-0.3, -0.25) is 0 Å². The molecule has 132 valence electrons. The molecule has 0 aromatic heterocycles. The number of rotatable bonds is 7. The van der Waals surface area contributed by atoms with Gasteiger partial charge in [-0.1, -0.05) is 17.7 Å². The first-order valence-electron chi connectivity index (χ1n) is 7.81. The smallest absolute Gasteiger partial charge is 0.244 e. The fraction of sp³-hybridized carbons (Fsp3) is 0.211. The maximum absolute atomic E-state index is 6.31. The van der Waals surface area contributed by atoms with Crippen LogP contribution in [0.1, 0.15) is 5.56 Å². The lowest BCUT2D eigenvalue weighted by atomic mass is 10.2. The molecule has 0 radical (unpaired) electrons. The SMILES string of the molecule is C=C(/N=C/c1c(Cl)cccc1Oc1ccc(OC)cc1)O[Si](C)(C)C. The van der Waals surface area contributed by atoms with Crippen molar-refractivity contribution < 1.29 is 13.9 Å². The maximum Gasteiger partial charge on any atom is 0.244 e. The Hall–Kier alpha value is -2.24. The van der Waals surface area contributed by atoms with Crippen LogP contribution in [0, 0.1) is 0 Å². The average molecular weight is 376 g/mol. The largest absolute Gasteiger partial charge is 0.532 e. The van der Waals surface area contributed by atoms with Crippen LogP contribution in [0.25, 0.3) is 0 Å². The van der Waals surface area contributed by atoms with Crippen molar-refractivity contribution in [1.29, 1.82) is 0 Å². The number of benzene rings is 2. The van der Waals surface area contributed by atoms with E-state index in [4.69, 9.17) is 25.5 Å². The predicted molar refractivity (Wildman–Crippen MR) is 106 cm³/mol. The zero-order valence-electron chi connectivity index (χ0n) is 14.9. The fourth-order valence-electron chi connectivity index (χ4n) is 2.02. The van der Waals surface area contributed by atoms with Gasteiger partial charge in [0.15, 0.2) is 5.88 Å². The van der Waals surface area contributed by atoms with E-state index in [9.17, 15) is 0 Å². The molecule has 0 saturated heterocycles. The number of halogens is 1. The lowest BCUT2D eigenvalue weighted by Gasteiger charge is -2.18. The summed E-state index contributed by atoms with van der Waals surface area (Å²) in [7, 11) is -0.123. The van der Waals surface area contributed by atoms with E-state index in [1.807, 2.05) is 36.4 Å². The Morgan fingerprint density at radius 3 is 2.32 bits per heavy atom. The molecule has 0 N–H and O–H groups in total. The van der Waals surface area contributed by atoms with Gasteiger partial charge in [0.05, 0.1) is 17.7 Å². The van der Waals surface area contributed by atoms with Gasteiger partial charge in [0, 0.05) is 6.21 Å². The molecule has 0 atom stereocenters. The average Bonchev–Trinajstić information content (AvgIpc) is 2.53. The summed E-state index contributed by atoms with van der Waals surface area (Å²) in [5, 5.41) is 0.538. The highest BCUT2D eigenvalue weighted by Gasteiger charge is 2.16. The Bertz CT molecular complexity index is 767. The van der Waals surface area contributed by atoms with Gasteiger partial charge < -0.3 is 13.9 Å². The minimum atomic E-state index is -1.75. The van der Waals surface area contributed by atoms with E-state index in [1.165, 1.54) is 0 Å². The van der Waals surface area contributed by atoms with Gasteiger partial charge in [0.2, 0.25) is 8.32 Å². The van der Waals surface area contributed by atoms with Crippen molar-refractivity contribution in [2.75, 3.05) is 7.11 Å². The van der Waals surface area contributed by atoms with E-state index in [0.29, 0.717) is 28.0 Å². The molecule has 4 nitrogen and oxygen atoms in total. The van der Waals surface area contributed by atoms with Gasteiger partial charge in [-0.05, 0) is 62.6 Å². The number of hydrogen-bond donors (Lipinski definition) is 0. The molecular formula is C19H22ClNO3Si. The van der Waals surface area contributed by atoms with Crippen LogP contribution in [0.4, 0.5) is 0 Å². The minimum absolute atomic E-state index is 0.370. The van der Waals surface area contributed by atoms with E-state index in [-0.39, 0.29) is 0 Å². The van der Waals surface area contributed by atoms with Crippen LogP contribution in [0.5, 0.6) is 17.2 Å². The first kappa shape index (κ1) is 19.1. The molecule has 0 amide bonds. The van der Waals surface area contributed by atoms with E-state index in [2.05, 4.69) is 31.2 Å². The summed E-state index contributed by atoms with van der Waals surface area (Å²) in [6, 6.07) is 12.8. The summed E-state index contributed by atoms with van der Waals surface area (Å²) in [5.74, 6) is 2.41. The van der Waals surface area contributed by atoms with Gasteiger partial charge in [-0.15, -0.1) is 0 Å². The highest BCUT2D eigenvalue weighted by atomic mass is 35.5. The first-order valence-corrected chi connectivity index (χ1v) is 11.6. The molecule has 0 heterocycles. The van der Waals surface area contributed by atoms with Crippen molar-refractivity contribution in [3.05, 3.63) is 65.5 Å². The van der Waals surface area contributed by atoms with Crippen molar-refractivity contribution in [2.24, 2.45) is 4.99 Å². The summed E-state index contributed by atoms with van der Waals surface area (Å²) in [4.78, 5) is 4.28. The highest BCUT2D eigenvalue weighted by molar-refractivity contribution is 6.70. The minimum Gasteiger partial charge on any atom is -0.532 e. The third-order valence-electron chi connectivity index (χ3n) is 3.06. The number of ether oxygens (including phenoxy) is 2. The molecule has 0 aliphatic heterocycles. The molecule has 0 aliphatic rings. The van der Waals surface area contributed by atoms with Crippen LogP contribution >= 0.6 is 11.6 Å². The number of nitrogens with zero attached hydrogens (tertiary/aromatic N) is 1. The zero-order valence-corrected chi connectivity index (χ0v) is 16.6. The molecule has 0 unspecified atom stereocenters. The number of hydrogen-bond acceptors (Lipinski definition) is 4. The second-order valence-corrected chi connectivity index (χ2v) is 11.1. The molecule has 6 heteroatoms. The van der Waals surface area contributed by atoms with Gasteiger partial charge in [0.1, 0.15) is 17.2 Å². The number of methoxy groups -OCH3 is 1. The second kappa shape index (κ2) is 8.23. The molecular weight excluding hydrogens is 354 g/mol. The lowest BCUT2D eigenvalue weighted by molar-refractivity contribution is 0.412. The zero-order chi connectivity index (χ0) is 18.4. The quantitative estimate of drug-likeness (QED) is 0.344. The predicted octanol–water partition coefficient (Wildman–Crippen LogP) is 5.88. The second-order valence-electron chi connectivity index (χ2n) is 6.30. The third-order valence-corrected chi connectivity index (χ3v) is 4.24. The van der Waals surface area contributed by atoms with E-state index >= 15 is 0 Å². The van der Waals surface area contributed by atoms with Gasteiger partial charge in [-0.2, -0.15) is 0 Å². The van der Waals surface area contributed by atoms with Crippen molar-refractivity contribution in [2.45, 2.75) is 19.6 Å². The Morgan fingerprint density at radius 2 is 1.72 bits per heavy atom. The van der Waals surface area contributed by atoms with Crippen molar-refractivity contribution in [3.63, 3.8) is 0 Å². The van der Waals surface area contributed by atoms with Crippen molar-refractivity contribution in [3.8, 4) is 17.2 Å². The lowest BCUT2D eigenvalue weighted by Crippen LogP contribution is -2.24. The molecule has 0 spiro atoms. The molecule has 2 aromatic rings. The Morgan fingerprint density at radius 1 is 1.08 bits per heavy atom. The van der Waals surface area contributed by atoms with E-state index in [0.717, 1.165) is 5.75 Å². The van der Waals surface area contributed by atoms with Crippen molar-refractivity contribution >= 4 is 26.1 Å². The van der Waals surface area contributed by atoms with E-state index in [1.54, 1.807) is 19.4 Å². The van der Waals surface area contributed by atoms with Crippen LogP contribution in [-0.2, 0) is 4.43 Å². The standard InChI is InChI=1S/C19H22ClNO3Si/c1-14(24-25(3,4)5)21-13-17-18(20)7-6-8-19(17)23-16-11-9-15(22-2)10-12-16/h6-13H,1H2,2-5H3/b21-13+. The summed E-state index contributed by atoms with van der Waals surface area (Å²) in [5.41, 5.74) is 0.667. The number of aliphatic imine (C=N–C) groups is 1. The summed E-state index contributed by atoms with van der Waals surface area (Å²) >= 11 is 6.31. The summed E-state index contributed by atoms with van der Waals surface area (Å²) in [6.45, 7) is 10.0. The Kier molecular flexibility index (Phi) is 6.28. The fourth-order valence-corrected chi connectivity index (χ4v) is 2.99. The molecule has 0 saturated carbocycles. The maximum atomic E-state index is 6.31. The van der Waals surface area contributed by atoms with Crippen LogP contribution < -0.4 is 9.47 Å². The van der Waals surface area contributed by atoms with Crippen molar-refractivity contribution in [1.82, 2.24) is 0 Å². The molecule has 2 rings (SSSR count). The molecule has 0 bridgehead atoms. The Balaban J connectivity index is 2.22. The highest BCUT2D eigenvalue weighted by Crippen LogP contribution is 2.30. The summed E-state index contributed by atoms with van der Waals surface area (Å²) in [6.07, 6.45) is 1.61. The van der Waals surface area contributed by atoms with Crippen LogP contribution in [0.3, 0.4) is 0 Å². The van der Waals surface area contributed by atoms with Crippen LogP contribution in [-0.4, -0.2) is 21.6 Å². The molecule has 25 heavy (non-hydrogen) atoms. The summed E-state index contributed by atoms with van der Waals surface area (Å²) < 4.78 is 16.8. The van der Waals surface area contributed by atoms with Gasteiger partial charge >= 0.3 is 0 Å². The van der Waals surface area contributed by atoms with Crippen LogP contribution in [0.2, 0.25) is 24.7 Å². The third kappa shape index (κ3) is 5.96. The van der Waals surface area contributed by atoms with Crippen LogP contribution in [0.15, 0.2) is 59.9 Å². The Labute approximate surface area is 154 Å². The normalized spacial score (nSPS) is 11.4. The molecule has 0 fully saturated rings. The van der Waals surface area contributed by atoms with E-state index < -0.39 is 8.32 Å². The molecule has 0 aliphatic carbocycles. The van der Waals surface area contributed by atoms with Gasteiger partial charge in [-0.25, -0.2) is 4.99 Å². The topological polar surface area (TPSA) is 40.0 Å². The monoisotopic (exact) mass is 375 g/mol. The first-order chi connectivity index (χ1) is 11.8.